The standard InChI is InChI=1S/C15H20N2O.CO2.ClH/c1-12-2-4-13(5-3-12)17-11-15(10-14(17)18)6-8-16-9-7-15;2-1-3;/h2-5,16H,6-11H2,1H3;;1H. The molecule has 0 radical (unpaired) electrons. The second-order valence-electron chi connectivity index (χ2n) is 5.83. The summed E-state index contributed by atoms with van der Waals surface area (Å²) in [6.07, 6.45) is 3.23. The minimum Gasteiger partial charge on any atom is -0.317 e. The molecule has 0 saturated carbocycles. The van der Waals surface area contributed by atoms with Gasteiger partial charge in [-0.1, -0.05) is 17.7 Å². The van der Waals surface area contributed by atoms with Gasteiger partial charge in [0.05, 0.1) is 0 Å². The van der Waals surface area contributed by atoms with Crippen LogP contribution in [0.3, 0.4) is 0 Å². The highest BCUT2D eigenvalue weighted by Gasteiger charge is 2.43. The van der Waals surface area contributed by atoms with Gasteiger partial charge in [0.15, 0.2) is 0 Å². The van der Waals surface area contributed by atoms with Gasteiger partial charge >= 0.3 is 6.15 Å². The summed E-state index contributed by atoms with van der Waals surface area (Å²) in [6.45, 7) is 5.07. The SMILES string of the molecule is Cc1ccc(N2CC3(CCNCC3)CC2=O)cc1.Cl.O=C=O. The van der Waals surface area contributed by atoms with Gasteiger partial charge in [-0.3, -0.25) is 4.79 Å². The zero-order chi connectivity index (χ0) is 15.3. The number of amides is 1. The molecule has 0 aromatic heterocycles. The lowest BCUT2D eigenvalue weighted by Gasteiger charge is -2.33. The van der Waals surface area contributed by atoms with Crippen LogP contribution in [-0.4, -0.2) is 31.7 Å². The molecule has 2 fully saturated rings. The fourth-order valence-corrected chi connectivity index (χ4v) is 3.15. The predicted octanol–water partition coefficient (Wildman–Crippen LogP) is 1.94. The van der Waals surface area contributed by atoms with Crippen molar-refractivity contribution in [2.24, 2.45) is 5.41 Å². The number of anilines is 1. The molecule has 0 unspecified atom stereocenters. The molecule has 0 bridgehead atoms. The molecule has 1 aromatic carbocycles. The molecule has 1 N–H and O–H groups in total. The number of hydrogen-bond donors (Lipinski definition) is 1. The predicted molar refractivity (Wildman–Crippen MR) is 84.9 cm³/mol. The second-order valence-corrected chi connectivity index (χ2v) is 5.83. The van der Waals surface area contributed by atoms with Gasteiger partial charge in [-0.25, -0.2) is 0 Å². The third-order valence-corrected chi connectivity index (χ3v) is 4.33. The Bertz CT molecular complexity index is 533. The summed E-state index contributed by atoms with van der Waals surface area (Å²) in [5.74, 6) is 0.292. The van der Waals surface area contributed by atoms with Crippen molar-refractivity contribution >= 4 is 30.2 Å². The van der Waals surface area contributed by atoms with Gasteiger partial charge in [0.2, 0.25) is 5.91 Å². The molecular formula is C16H21ClN2O3. The van der Waals surface area contributed by atoms with Crippen LogP contribution in [0.5, 0.6) is 0 Å². The number of nitrogens with one attached hydrogen (secondary N) is 1. The van der Waals surface area contributed by atoms with E-state index in [2.05, 4.69) is 36.5 Å². The quantitative estimate of drug-likeness (QED) is 0.857. The van der Waals surface area contributed by atoms with Crippen LogP contribution in [0.2, 0.25) is 0 Å². The van der Waals surface area contributed by atoms with Gasteiger partial charge in [0, 0.05) is 18.7 Å². The number of halogens is 1. The number of carbonyl (C=O) groups is 1. The number of aryl methyl sites for hydroxylation is 1. The van der Waals surface area contributed by atoms with Crippen LogP contribution >= 0.6 is 12.4 Å². The van der Waals surface area contributed by atoms with E-state index in [0.29, 0.717) is 5.91 Å². The molecule has 120 valence electrons. The third kappa shape index (κ3) is 4.17. The monoisotopic (exact) mass is 324 g/mol. The van der Waals surface area contributed by atoms with Gasteiger partial charge < -0.3 is 10.2 Å². The van der Waals surface area contributed by atoms with Crippen molar-refractivity contribution in [3.05, 3.63) is 29.8 Å². The molecular weight excluding hydrogens is 304 g/mol. The fraction of sp³-hybridized carbons (Fsp3) is 0.500. The zero-order valence-corrected chi connectivity index (χ0v) is 13.4. The molecule has 2 aliphatic heterocycles. The molecule has 5 nitrogen and oxygen atoms in total. The molecule has 6 heteroatoms. The summed E-state index contributed by atoms with van der Waals surface area (Å²) in [4.78, 5) is 30.5. The number of carbonyl (C=O) groups excluding carboxylic acids is 3. The Morgan fingerprint density at radius 3 is 2.23 bits per heavy atom. The lowest BCUT2D eigenvalue weighted by Crippen LogP contribution is -2.38. The molecule has 1 amide bonds. The smallest absolute Gasteiger partial charge is 0.317 e. The number of benzene rings is 1. The van der Waals surface area contributed by atoms with Gasteiger partial charge in [-0.05, 0) is 50.4 Å². The van der Waals surface area contributed by atoms with E-state index >= 15 is 0 Å². The van der Waals surface area contributed by atoms with Crippen LogP contribution in [0.4, 0.5) is 5.69 Å². The van der Waals surface area contributed by atoms with Gasteiger partial charge in [0.1, 0.15) is 0 Å². The summed E-state index contributed by atoms with van der Waals surface area (Å²) in [5.41, 5.74) is 2.52. The van der Waals surface area contributed by atoms with E-state index < -0.39 is 0 Å². The fourth-order valence-electron chi connectivity index (χ4n) is 3.15. The van der Waals surface area contributed by atoms with Crippen LogP contribution in [0, 0.1) is 12.3 Å². The Balaban J connectivity index is 0.000000562. The van der Waals surface area contributed by atoms with Crippen molar-refractivity contribution in [1.82, 2.24) is 5.32 Å². The van der Waals surface area contributed by atoms with E-state index in [0.717, 1.165) is 44.6 Å². The number of hydrogen-bond acceptors (Lipinski definition) is 4. The maximum absolute atomic E-state index is 12.2. The Morgan fingerprint density at radius 2 is 1.68 bits per heavy atom. The summed E-state index contributed by atoms with van der Waals surface area (Å²) in [6, 6.07) is 8.28. The molecule has 2 heterocycles. The highest BCUT2D eigenvalue weighted by Crippen LogP contribution is 2.41. The summed E-state index contributed by atoms with van der Waals surface area (Å²) < 4.78 is 0. The van der Waals surface area contributed by atoms with Crippen molar-refractivity contribution < 1.29 is 14.4 Å². The second kappa shape index (κ2) is 8.08. The molecule has 1 spiro atoms. The molecule has 2 aliphatic rings. The number of piperidine rings is 1. The van der Waals surface area contributed by atoms with Gasteiger partial charge in [-0.2, -0.15) is 9.59 Å². The minimum absolute atomic E-state index is 0. The normalized spacial score (nSPS) is 19.0. The van der Waals surface area contributed by atoms with Gasteiger partial charge in [-0.15, -0.1) is 12.4 Å². The minimum atomic E-state index is 0. The molecule has 3 rings (SSSR count). The first-order chi connectivity index (χ1) is 10.1. The molecule has 2 saturated heterocycles. The highest BCUT2D eigenvalue weighted by atomic mass is 35.5. The first kappa shape index (κ1) is 18.4. The topological polar surface area (TPSA) is 66.5 Å². The maximum Gasteiger partial charge on any atom is 0.373 e. The van der Waals surface area contributed by atoms with Crippen LogP contribution in [0.25, 0.3) is 0 Å². The van der Waals surface area contributed by atoms with E-state index in [4.69, 9.17) is 9.59 Å². The Hall–Kier alpha value is -1.68. The molecule has 0 aliphatic carbocycles. The van der Waals surface area contributed by atoms with Crippen molar-refractivity contribution in [2.75, 3.05) is 24.5 Å². The van der Waals surface area contributed by atoms with Crippen LogP contribution in [-0.2, 0) is 14.4 Å². The average Bonchev–Trinajstić information content (AvgIpc) is 2.78. The van der Waals surface area contributed by atoms with Crippen LogP contribution in [0.1, 0.15) is 24.8 Å². The van der Waals surface area contributed by atoms with Crippen molar-refractivity contribution in [2.45, 2.75) is 26.2 Å². The van der Waals surface area contributed by atoms with Crippen molar-refractivity contribution in [1.29, 1.82) is 0 Å². The van der Waals surface area contributed by atoms with Crippen molar-refractivity contribution in [3.63, 3.8) is 0 Å². The molecule has 1 aromatic rings. The largest absolute Gasteiger partial charge is 0.373 e. The van der Waals surface area contributed by atoms with Crippen LogP contribution in [0.15, 0.2) is 24.3 Å². The Kier molecular flexibility index (Phi) is 6.75. The Morgan fingerprint density at radius 1 is 1.14 bits per heavy atom. The van der Waals surface area contributed by atoms with Crippen molar-refractivity contribution in [3.8, 4) is 0 Å². The first-order valence-electron chi connectivity index (χ1n) is 7.17. The van der Waals surface area contributed by atoms with E-state index in [1.54, 1.807) is 0 Å². The Labute approximate surface area is 136 Å². The van der Waals surface area contributed by atoms with Crippen LogP contribution < -0.4 is 10.2 Å². The number of nitrogens with zero attached hydrogens (tertiary/aromatic N) is 1. The summed E-state index contributed by atoms with van der Waals surface area (Å²) in [5, 5.41) is 3.38. The third-order valence-electron chi connectivity index (χ3n) is 4.33. The van der Waals surface area contributed by atoms with E-state index in [1.165, 1.54) is 5.56 Å². The lowest BCUT2D eigenvalue weighted by molar-refractivity contribution is -0.191. The lowest BCUT2D eigenvalue weighted by atomic mass is 9.78. The molecule has 22 heavy (non-hydrogen) atoms. The zero-order valence-electron chi connectivity index (χ0n) is 12.6. The van der Waals surface area contributed by atoms with E-state index in [9.17, 15) is 4.79 Å². The first-order valence-corrected chi connectivity index (χ1v) is 7.17. The summed E-state index contributed by atoms with van der Waals surface area (Å²) >= 11 is 0. The maximum atomic E-state index is 12.2. The van der Waals surface area contributed by atoms with E-state index in [-0.39, 0.29) is 24.0 Å². The number of rotatable bonds is 1. The van der Waals surface area contributed by atoms with E-state index in [1.807, 2.05) is 4.90 Å². The average molecular weight is 325 g/mol. The van der Waals surface area contributed by atoms with Gasteiger partial charge in [0.25, 0.3) is 0 Å². The highest BCUT2D eigenvalue weighted by molar-refractivity contribution is 5.96. The molecule has 0 atom stereocenters. The summed E-state index contributed by atoms with van der Waals surface area (Å²) in [7, 11) is 0.